The predicted molar refractivity (Wildman–Crippen MR) is 71.6 cm³/mol. The highest BCUT2D eigenvalue weighted by Crippen LogP contribution is 2.06. The van der Waals surface area contributed by atoms with Crippen LogP contribution in [0.2, 0.25) is 0 Å². The minimum absolute atomic E-state index is 0.106. The summed E-state index contributed by atoms with van der Waals surface area (Å²) >= 11 is 0. The number of aliphatic hydroxyl groups excluding tert-OH is 1. The molecule has 0 radical (unpaired) electrons. The number of nitriles is 1. The predicted octanol–water partition coefficient (Wildman–Crippen LogP) is 1.77. The maximum atomic E-state index is 8.63. The molecule has 0 aliphatic carbocycles. The number of aliphatic hydroxyl groups is 1. The first-order valence-electron chi connectivity index (χ1n) is 6.00. The van der Waals surface area contributed by atoms with E-state index in [1.54, 1.807) is 0 Å². The lowest BCUT2D eigenvalue weighted by Crippen LogP contribution is -2.18. The van der Waals surface area contributed by atoms with Crippen molar-refractivity contribution < 1.29 is 5.11 Å². The first kappa shape index (κ1) is 14.3. The van der Waals surface area contributed by atoms with Crippen molar-refractivity contribution >= 4 is 0 Å². The molecule has 0 saturated heterocycles. The molecule has 94 valence electrons. The number of nitrogens with zero attached hydrogens (tertiary/aromatic N) is 2. The van der Waals surface area contributed by atoms with E-state index in [2.05, 4.69) is 22.8 Å². The first-order valence-corrected chi connectivity index (χ1v) is 6.00. The smallest absolute Gasteiger partial charge is 0.0635 e. The average molecular weight is 242 g/mol. The molecule has 0 fully saturated rings. The van der Waals surface area contributed by atoms with Gasteiger partial charge in [-0.3, -0.25) is 0 Å². The van der Waals surface area contributed by atoms with Crippen molar-refractivity contribution in [2.24, 2.45) is 0 Å². The molecule has 0 spiro atoms. The molecule has 1 N–H and O–H groups in total. The lowest BCUT2D eigenvalue weighted by molar-refractivity contribution is 0.305. The molecule has 3 nitrogen and oxygen atoms in total. The number of hydrogen-bond acceptors (Lipinski definition) is 3. The average Bonchev–Trinajstić information content (AvgIpc) is 2.39. The van der Waals surface area contributed by atoms with E-state index in [9.17, 15) is 0 Å². The molecule has 1 rings (SSSR count). The monoisotopic (exact) mass is 242 g/mol. The van der Waals surface area contributed by atoms with Gasteiger partial charge in [0, 0.05) is 31.5 Å². The Balaban J connectivity index is 2.51. The van der Waals surface area contributed by atoms with Crippen LogP contribution >= 0.6 is 0 Å². The molecule has 0 aliphatic heterocycles. The lowest BCUT2D eigenvalue weighted by atomic mass is 10.1. The van der Waals surface area contributed by atoms with Gasteiger partial charge in [0.2, 0.25) is 0 Å². The zero-order valence-electron chi connectivity index (χ0n) is 10.7. The van der Waals surface area contributed by atoms with E-state index in [0.717, 1.165) is 18.7 Å². The molecule has 0 aromatic heterocycles. The maximum absolute atomic E-state index is 8.63. The van der Waals surface area contributed by atoms with E-state index in [4.69, 9.17) is 10.4 Å². The fraction of sp³-hybridized carbons (Fsp3) is 0.400. The first-order chi connectivity index (χ1) is 8.76. The fourth-order valence-corrected chi connectivity index (χ4v) is 1.55. The van der Waals surface area contributed by atoms with Crippen LogP contribution in [0.15, 0.2) is 24.3 Å². The molecule has 0 bridgehead atoms. The van der Waals surface area contributed by atoms with Crippen molar-refractivity contribution in [1.29, 1.82) is 5.26 Å². The summed E-state index contributed by atoms with van der Waals surface area (Å²) in [6, 6.07) is 10.2. The molecule has 3 heteroatoms. The van der Waals surface area contributed by atoms with Crippen LogP contribution < -0.4 is 0 Å². The van der Waals surface area contributed by atoms with Crippen molar-refractivity contribution in [3.05, 3.63) is 35.4 Å². The van der Waals surface area contributed by atoms with E-state index in [1.165, 1.54) is 5.56 Å². The van der Waals surface area contributed by atoms with E-state index in [1.807, 2.05) is 31.3 Å². The molecule has 0 amide bonds. The summed E-state index contributed by atoms with van der Waals surface area (Å²) in [6.07, 6.45) is 1.07. The highest BCUT2D eigenvalue weighted by atomic mass is 16.2. The molecular formula is C15H18N2O. The summed E-state index contributed by atoms with van der Waals surface area (Å²) in [4.78, 5) is 2.12. The number of hydrogen-bond donors (Lipinski definition) is 1. The Hall–Kier alpha value is -1.81. The molecule has 0 unspecified atom stereocenters. The van der Waals surface area contributed by atoms with Gasteiger partial charge in [-0.1, -0.05) is 24.0 Å². The Labute approximate surface area is 109 Å². The third-order valence-electron chi connectivity index (χ3n) is 2.48. The lowest BCUT2D eigenvalue weighted by Gasteiger charge is -2.14. The van der Waals surface area contributed by atoms with Gasteiger partial charge in [-0.15, -0.1) is 0 Å². The molecule has 0 heterocycles. The number of rotatable bonds is 5. The van der Waals surface area contributed by atoms with Gasteiger partial charge in [-0.25, -0.2) is 0 Å². The van der Waals surface area contributed by atoms with Crippen molar-refractivity contribution in [1.82, 2.24) is 4.90 Å². The topological polar surface area (TPSA) is 47.3 Å². The third kappa shape index (κ3) is 5.50. The summed E-state index contributed by atoms with van der Waals surface area (Å²) in [5, 5.41) is 17.1. The zero-order valence-corrected chi connectivity index (χ0v) is 10.7. The number of benzene rings is 1. The standard InChI is InChI=1S/C15H18N2O/c1-17(11-4-10-16)13-15-8-6-14(7-9-15)5-2-3-12-18/h6-9,18H,3-4,11-13H2,1H3. The van der Waals surface area contributed by atoms with Crippen molar-refractivity contribution in [2.75, 3.05) is 20.2 Å². The summed E-state index contributed by atoms with van der Waals surface area (Å²) in [5.74, 6) is 5.89. The zero-order chi connectivity index (χ0) is 13.2. The van der Waals surface area contributed by atoms with E-state index in [-0.39, 0.29) is 6.61 Å². The van der Waals surface area contributed by atoms with Gasteiger partial charge in [0.1, 0.15) is 0 Å². The summed E-state index contributed by atoms with van der Waals surface area (Å²) in [7, 11) is 2.01. The minimum Gasteiger partial charge on any atom is -0.395 e. The van der Waals surface area contributed by atoms with Gasteiger partial charge in [-0.2, -0.15) is 5.26 Å². The molecule has 0 saturated carbocycles. The highest BCUT2D eigenvalue weighted by molar-refractivity contribution is 5.36. The van der Waals surface area contributed by atoms with Gasteiger partial charge in [0.15, 0.2) is 0 Å². The molecule has 1 aromatic carbocycles. The second kappa shape index (κ2) is 8.31. The summed E-state index contributed by atoms with van der Waals surface area (Å²) < 4.78 is 0. The largest absolute Gasteiger partial charge is 0.395 e. The van der Waals surface area contributed by atoms with Crippen LogP contribution in [0, 0.1) is 23.2 Å². The highest BCUT2D eigenvalue weighted by Gasteiger charge is 1.99. The van der Waals surface area contributed by atoms with E-state index < -0.39 is 0 Å². The Morgan fingerprint density at radius 3 is 2.56 bits per heavy atom. The van der Waals surface area contributed by atoms with Gasteiger partial charge in [0.25, 0.3) is 0 Å². The molecular weight excluding hydrogens is 224 g/mol. The maximum Gasteiger partial charge on any atom is 0.0635 e. The van der Waals surface area contributed by atoms with Crippen LogP contribution in [-0.2, 0) is 6.54 Å². The van der Waals surface area contributed by atoms with Crippen LogP contribution in [0.4, 0.5) is 0 Å². The van der Waals surface area contributed by atoms with Crippen LogP contribution in [-0.4, -0.2) is 30.2 Å². The Morgan fingerprint density at radius 1 is 1.22 bits per heavy atom. The molecule has 1 aromatic rings. The molecule has 18 heavy (non-hydrogen) atoms. The van der Waals surface area contributed by atoms with Crippen LogP contribution in [0.1, 0.15) is 24.0 Å². The third-order valence-corrected chi connectivity index (χ3v) is 2.48. The fourth-order valence-electron chi connectivity index (χ4n) is 1.55. The second-order valence-electron chi connectivity index (χ2n) is 4.12. The van der Waals surface area contributed by atoms with Gasteiger partial charge in [-0.05, 0) is 24.7 Å². The van der Waals surface area contributed by atoms with Crippen LogP contribution in [0.25, 0.3) is 0 Å². The van der Waals surface area contributed by atoms with Crippen LogP contribution in [0.3, 0.4) is 0 Å². The molecule has 0 aliphatic rings. The minimum atomic E-state index is 0.106. The van der Waals surface area contributed by atoms with E-state index in [0.29, 0.717) is 12.8 Å². The van der Waals surface area contributed by atoms with Crippen molar-refractivity contribution in [3.8, 4) is 17.9 Å². The Kier molecular flexibility index (Phi) is 6.58. The summed E-state index contributed by atoms with van der Waals surface area (Å²) in [6.45, 7) is 1.73. The normalized spacial score (nSPS) is 9.67. The van der Waals surface area contributed by atoms with Gasteiger partial charge >= 0.3 is 0 Å². The van der Waals surface area contributed by atoms with Gasteiger partial charge in [0.05, 0.1) is 12.7 Å². The summed E-state index contributed by atoms with van der Waals surface area (Å²) in [5.41, 5.74) is 2.18. The Bertz CT molecular complexity index is 448. The van der Waals surface area contributed by atoms with Crippen LogP contribution in [0.5, 0.6) is 0 Å². The molecule has 0 atom stereocenters. The second-order valence-corrected chi connectivity index (χ2v) is 4.12. The Morgan fingerprint density at radius 2 is 1.94 bits per heavy atom. The quantitative estimate of drug-likeness (QED) is 0.800. The van der Waals surface area contributed by atoms with Crippen molar-refractivity contribution in [2.45, 2.75) is 19.4 Å². The van der Waals surface area contributed by atoms with E-state index >= 15 is 0 Å². The van der Waals surface area contributed by atoms with Gasteiger partial charge < -0.3 is 10.0 Å². The van der Waals surface area contributed by atoms with Crippen molar-refractivity contribution in [3.63, 3.8) is 0 Å². The SMILES string of the molecule is CN(CCC#N)Cc1ccc(C#CCCO)cc1.